The average Bonchev–Trinajstić information content (AvgIpc) is 2.60. The third kappa shape index (κ3) is 3.52. The number of hydrogen-bond acceptors (Lipinski definition) is 4. The fraction of sp³-hybridized carbons (Fsp3) is 0.316. The number of pyridine rings is 1. The summed E-state index contributed by atoms with van der Waals surface area (Å²) in [6, 6.07) is 6.45. The van der Waals surface area contributed by atoms with Gasteiger partial charge in [-0.1, -0.05) is 11.6 Å². The lowest BCUT2D eigenvalue weighted by molar-refractivity contribution is -0.141. The van der Waals surface area contributed by atoms with Gasteiger partial charge in [0.15, 0.2) is 6.61 Å². The highest BCUT2D eigenvalue weighted by molar-refractivity contribution is 6.30. The van der Waals surface area contributed by atoms with Crippen LogP contribution in [-0.2, 0) is 4.79 Å². The van der Waals surface area contributed by atoms with Crippen LogP contribution in [0, 0.1) is 11.6 Å². The van der Waals surface area contributed by atoms with E-state index in [9.17, 15) is 18.4 Å². The Hall–Kier alpha value is -2.74. The molecule has 0 aliphatic heterocycles. The Balaban J connectivity index is 1.24. The first-order chi connectivity index (χ1) is 13.3. The molecule has 0 unspecified atom stereocenters. The van der Waals surface area contributed by atoms with Crippen LogP contribution in [0.15, 0.2) is 36.5 Å². The lowest BCUT2D eigenvalue weighted by Crippen LogP contribution is -2.84. The summed E-state index contributed by atoms with van der Waals surface area (Å²) in [7, 11) is 0. The highest BCUT2D eigenvalue weighted by Gasteiger charge is 2.69. The molecule has 3 aliphatic rings. The van der Waals surface area contributed by atoms with Crippen molar-refractivity contribution in [1.82, 2.24) is 15.6 Å². The number of nitrogens with one attached hydrogen (secondary N) is 2. The first kappa shape index (κ1) is 18.6. The molecule has 146 valence electrons. The Labute approximate surface area is 164 Å². The maximum Gasteiger partial charge on any atom is 0.270 e. The van der Waals surface area contributed by atoms with E-state index in [1.54, 1.807) is 0 Å². The van der Waals surface area contributed by atoms with E-state index in [0.717, 1.165) is 12.3 Å². The van der Waals surface area contributed by atoms with E-state index in [4.69, 9.17) is 16.3 Å². The second kappa shape index (κ2) is 6.70. The summed E-state index contributed by atoms with van der Waals surface area (Å²) < 4.78 is 31.5. The minimum absolute atomic E-state index is 0.0196. The second-order valence-corrected chi connectivity index (χ2v) is 7.73. The van der Waals surface area contributed by atoms with Crippen LogP contribution in [0.1, 0.15) is 29.8 Å². The summed E-state index contributed by atoms with van der Waals surface area (Å²) >= 11 is 5.60. The molecule has 6 nitrogen and oxygen atoms in total. The van der Waals surface area contributed by atoms with Crippen molar-refractivity contribution in [3.8, 4) is 5.75 Å². The van der Waals surface area contributed by atoms with Crippen molar-refractivity contribution in [2.45, 2.75) is 30.3 Å². The third-order valence-electron chi connectivity index (χ3n) is 5.03. The monoisotopic (exact) mass is 407 g/mol. The molecule has 2 bridgehead atoms. The SMILES string of the molecule is O=C(COc1ccc(Cl)c(F)c1)NC12CC(NC(=O)c3ccc(F)cn3)(C1)C2. The van der Waals surface area contributed by atoms with Crippen molar-refractivity contribution in [1.29, 1.82) is 0 Å². The number of halogens is 3. The lowest BCUT2D eigenvalue weighted by Gasteiger charge is -2.70. The van der Waals surface area contributed by atoms with Gasteiger partial charge in [-0.05, 0) is 43.5 Å². The zero-order chi connectivity index (χ0) is 19.9. The maximum absolute atomic E-state index is 13.4. The molecule has 9 heteroatoms. The molecule has 1 heterocycles. The molecule has 0 radical (unpaired) electrons. The Morgan fingerprint density at radius 1 is 1.11 bits per heavy atom. The number of hydrogen-bond donors (Lipinski definition) is 2. The fourth-order valence-corrected chi connectivity index (χ4v) is 4.03. The summed E-state index contributed by atoms with van der Waals surface area (Å²) in [5.74, 6) is -1.60. The van der Waals surface area contributed by atoms with Gasteiger partial charge in [0, 0.05) is 17.1 Å². The van der Waals surface area contributed by atoms with Crippen LogP contribution >= 0.6 is 11.6 Å². The molecule has 2 aromatic rings. The normalized spacial score (nSPS) is 24.5. The third-order valence-corrected chi connectivity index (χ3v) is 5.34. The van der Waals surface area contributed by atoms with Crippen LogP contribution in [0.2, 0.25) is 5.02 Å². The van der Waals surface area contributed by atoms with Gasteiger partial charge in [0.25, 0.3) is 11.8 Å². The van der Waals surface area contributed by atoms with E-state index < -0.39 is 11.6 Å². The van der Waals surface area contributed by atoms with Crippen LogP contribution in [0.5, 0.6) is 5.75 Å². The zero-order valence-electron chi connectivity index (χ0n) is 14.6. The molecule has 1 aromatic heterocycles. The molecule has 3 fully saturated rings. The number of amides is 2. The number of carbonyl (C=O) groups excluding carboxylic acids is 2. The molecule has 1 aromatic carbocycles. The maximum atomic E-state index is 13.4. The highest BCUT2D eigenvalue weighted by Crippen LogP contribution is 2.60. The van der Waals surface area contributed by atoms with E-state index in [0.29, 0.717) is 19.3 Å². The van der Waals surface area contributed by atoms with E-state index in [1.165, 1.54) is 24.3 Å². The topological polar surface area (TPSA) is 80.3 Å². The predicted octanol–water partition coefficient (Wildman–Crippen LogP) is 2.61. The zero-order valence-corrected chi connectivity index (χ0v) is 15.4. The lowest BCUT2D eigenvalue weighted by atomic mass is 9.44. The molecular formula is C19H16ClF2N3O3. The average molecular weight is 408 g/mol. The summed E-state index contributed by atoms with van der Waals surface area (Å²) in [6.45, 7) is -0.248. The highest BCUT2D eigenvalue weighted by atomic mass is 35.5. The molecule has 3 aliphatic carbocycles. The summed E-state index contributed by atoms with van der Waals surface area (Å²) in [6.07, 6.45) is 2.81. The quantitative estimate of drug-likeness (QED) is 0.771. The Morgan fingerprint density at radius 3 is 2.46 bits per heavy atom. The Bertz CT molecular complexity index is 932. The number of ether oxygens (including phenoxy) is 1. The molecule has 2 amide bonds. The number of carbonyl (C=O) groups is 2. The molecule has 5 rings (SSSR count). The summed E-state index contributed by atoms with van der Waals surface area (Å²) in [5, 5.41) is 5.78. The van der Waals surface area contributed by atoms with Crippen molar-refractivity contribution >= 4 is 23.4 Å². The standard InChI is InChI=1S/C19H16ClF2N3O3/c20-13-3-2-12(5-14(13)22)28-7-16(26)24-18-8-19(9-18,10-18)25-17(27)15-4-1-11(21)6-23-15/h1-6H,7-10H2,(H,24,26)(H,25,27). The molecule has 0 saturated heterocycles. The Kier molecular flexibility index (Phi) is 4.45. The second-order valence-electron chi connectivity index (χ2n) is 7.32. The molecule has 28 heavy (non-hydrogen) atoms. The first-order valence-electron chi connectivity index (χ1n) is 8.61. The minimum atomic E-state index is -0.618. The predicted molar refractivity (Wildman–Crippen MR) is 96.0 cm³/mol. The molecule has 2 N–H and O–H groups in total. The van der Waals surface area contributed by atoms with Gasteiger partial charge in [-0.15, -0.1) is 0 Å². The number of benzene rings is 1. The van der Waals surface area contributed by atoms with Crippen LogP contribution in [0.3, 0.4) is 0 Å². The molecule has 3 saturated carbocycles. The van der Waals surface area contributed by atoms with Crippen molar-refractivity contribution in [2.24, 2.45) is 0 Å². The number of nitrogens with zero attached hydrogens (tertiary/aromatic N) is 1. The first-order valence-corrected chi connectivity index (χ1v) is 8.99. The number of rotatable bonds is 6. The summed E-state index contributed by atoms with van der Waals surface area (Å²) in [4.78, 5) is 28.0. The molecular weight excluding hydrogens is 392 g/mol. The van der Waals surface area contributed by atoms with Crippen LogP contribution in [-0.4, -0.2) is 34.5 Å². The van der Waals surface area contributed by atoms with Crippen LogP contribution in [0.4, 0.5) is 8.78 Å². The smallest absolute Gasteiger partial charge is 0.270 e. The van der Waals surface area contributed by atoms with Gasteiger partial charge in [0.2, 0.25) is 0 Å². The van der Waals surface area contributed by atoms with E-state index in [-0.39, 0.29) is 46.0 Å². The minimum Gasteiger partial charge on any atom is -0.484 e. The van der Waals surface area contributed by atoms with Gasteiger partial charge in [0.05, 0.1) is 11.2 Å². The van der Waals surface area contributed by atoms with Crippen LogP contribution in [0.25, 0.3) is 0 Å². The van der Waals surface area contributed by atoms with Gasteiger partial charge in [-0.25, -0.2) is 13.8 Å². The van der Waals surface area contributed by atoms with Gasteiger partial charge < -0.3 is 15.4 Å². The van der Waals surface area contributed by atoms with Crippen molar-refractivity contribution in [2.75, 3.05) is 6.61 Å². The van der Waals surface area contributed by atoms with Gasteiger partial charge in [0.1, 0.15) is 23.1 Å². The molecule has 0 spiro atoms. The van der Waals surface area contributed by atoms with E-state index in [1.807, 2.05) is 0 Å². The summed E-state index contributed by atoms with van der Waals surface area (Å²) in [5.41, 5.74) is -0.566. The fourth-order valence-electron chi connectivity index (χ4n) is 3.92. The Morgan fingerprint density at radius 2 is 1.82 bits per heavy atom. The largest absolute Gasteiger partial charge is 0.484 e. The van der Waals surface area contributed by atoms with Gasteiger partial charge >= 0.3 is 0 Å². The van der Waals surface area contributed by atoms with Crippen molar-refractivity contribution in [3.63, 3.8) is 0 Å². The molecule has 0 atom stereocenters. The van der Waals surface area contributed by atoms with Gasteiger partial charge in [-0.3, -0.25) is 9.59 Å². The van der Waals surface area contributed by atoms with Crippen molar-refractivity contribution < 1.29 is 23.1 Å². The van der Waals surface area contributed by atoms with E-state index >= 15 is 0 Å². The van der Waals surface area contributed by atoms with Crippen molar-refractivity contribution in [3.05, 3.63) is 58.9 Å². The van der Waals surface area contributed by atoms with Crippen LogP contribution < -0.4 is 15.4 Å². The van der Waals surface area contributed by atoms with E-state index in [2.05, 4.69) is 15.6 Å². The van der Waals surface area contributed by atoms with Gasteiger partial charge in [-0.2, -0.15) is 0 Å². The number of aromatic nitrogens is 1.